The summed E-state index contributed by atoms with van der Waals surface area (Å²) in [6, 6.07) is 6.59. The smallest absolute Gasteiger partial charge is 0.123 e. The number of hydrogen-bond donors (Lipinski definition) is 1. The maximum Gasteiger partial charge on any atom is 0.123 e. The normalized spacial score (nSPS) is 15.9. The fourth-order valence-electron chi connectivity index (χ4n) is 1.62. The van der Waals surface area contributed by atoms with Gasteiger partial charge in [0.2, 0.25) is 0 Å². The van der Waals surface area contributed by atoms with Gasteiger partial charge < -0.3 is 5.73 Å². The highest BCUT2D eigenvalue weighted by atomic mass is 19.1. The molecule has 0 aromatic heterocycles. The van der Waals surface area contributed by atoms with E-state index in [-0.39, 0.29) is 11.2 Å². The summed E-state index contributed by atoms with van der Waals surface area (Å²) >= 11 is 0. The molecule has 2 N–H and O–H groups in total. The van der Waals surface area contributed by atoms with Crippen LogP contribution >= 0.6 is 0 Å². The lowest BCUT2D eigenvalue weighted by atomic mass is 9.81. The molecule has 1 atom stereocenters. The van der Waals surface area contributed by atoms with E-state index in [1.54, 1.807) is 6.07 Å². The molecule has 0 aliphatic heterocycles. The Bertz CT molecular complexity index is 350. The summed E-state index contributed by atoms with van der Waals surface area (Å²) in [6.07, 6.45) is 1.89. The molecule has 0 spiro atoms. The number of benzene rings is 1. The first-order valence-corrected chi connectivity index (χ1v) is 5.76. The molecule has 0 fully saturated rings. The number of hydrogen-bond acceptors (Lipinski definition) is 1. The molecule has 1 rings (SSSR count). The summed E-state index contributed by atoms with van der Waals surface area (Å²) in [7, 11) is 0. The zero-order chi connectivity index (χ0) is 12.4. The van der Waals surface area contributed by atoms with Crippen molar-refractivity contribution in [1.29, 1.82) is 0 Å². The molecule has 0 aliphatic rings. The highest BCUT2D eigenvalue weighted by Crippen LogP contribution is 2.30. The Labute approximate surface area is 97.9 Å². The molecule has 1 aromatic rings. The average Bonchev–Trinajstić information content (AvgIpc) is 2.14. The van der Waals surface area contributed by atoms with Gasteiger partial charge in [0.1, 0.15) is 5.82 Å². The van der Waals surface area contributed by atoms with Crippen molar-refractivity contribution < 1.29 is 4.39 Å². The van der Waals surface area contributed by atoms with Crippen molar-refractivity contribution in [3.8, 4) is 0 Å². The van der Waals surface area contributed by atoms with E-state index < -0.39 is 5.54 Å². The zero-order valence-electron chi connectivity index (χ0n) is 10.7. The van der Waals surface area contributed by atoms with Gasteiger partial charge in [0.25, 0.3) is 0 Å². The molecule has 0 heterocycles. The first-order valence-electron chi connectivity index (χ1n) is 5.76. The second-order valence-electron chi connectivity index (χ2n) is 5.99. The van der Waals surface area contributed by atoms with Gasteiger partial charge in [-0.2, -0.15) is 0 Å². The average molecular weight is 223 g/mol. The maximum atomic E-state index is 13.1. The van der Waals surface area contributed by atoms with Gasteiger partial charge in [0.15, 0.2) is 0 Å². The van der Waals surface area contributed by atoms with E-state index in [0.29, 0.717) is 0 Å². The molecule has 1 aromatic carbocycles. The summed E-state index contributed by atoms with van der Waals surface area (Å²) in [6.45, 7) is 8.53. The molecule has 0 aliphatic carbocycles. The van der Waals surface area contributed by atoms with Gasteiger partial charge in [-0.15, -0.1) is 0 Å². The monoisotopic (exact) mass is 223 g/mol. The lowest BCUT2D eigenvalue weighted by molar-refractivity contribution is 0.306. The summed E-state index contributed by atoms with van der Waals surface area (Å²) in [4.78, 5) is 0. The van der Waals surface area contributed by atoms with Crippen molar-refractivity contribution in [2.45, 2.75) is 46.1 Å². The Hall–Kier alpha value is -0.890. The van der Waals surface area contributed by atoms with Gasteiger partial charge >= 0.3 is 0 Å². The quantitative estimate of drug-likeness (QED) is 0.828. The number of rotatable bonds is 3. The largest absolute Gasteiger partial charge is 0.322 e. The van der Waals surface area contributed by atoms with E-state index in [0.717, 1.165) is 18.4 Å². The summed E-state index contributed by atoms with van der Waals surface area (Å²) < 4.78 is 13.1. The topological polar surface area (TPSA) is 26.0 Å². The number of nitrogens with two attached hydrogens (primary N) is 1. The van der Waals surface area contributed by atoms with Crippen LogP contribution in [0.25, 0.3) is 0 Å². The third-order valence-corrected chi connectivity index (χ3v) is 2.88. The fourth-order valence-corrected chi connectivity index (χ4v) is 1.62. The predicted octanol–water partition coefficient (Wildman–Crippen LogP) is 3.83. The Morgan fingerprint density at radius 2 is 1.75 bits per heavy atom. The minimum Gasteiger partial charge on any atom is -0.322 e. The van der Waals surface area contributed by atoms with Crippen molar-refractivity contribution in [3.63, 3.8) is 0 Å². The minimum atomic E-state index is -0.449. The summed E-state index contributed by atoms with van der Waals surface area (Å²) in [5, 5.41) is 0. The van der Waals surface area contributed by atoms with Crippen LogP contribution in [0.2, 0.25) is 0 Å². The predicted molar refractivity (Wildman–Crippen MR) is 66.6 cm³/mol. The molecule has 1 unspecified atom stereocenters. The van der Waals surface area contributed by atoms with Crippen LogP contribution in [0.5, 0.6) is 0 Å². The van der Waals surface area contributed by atoms with Crippen LogP contribution in [-0.4, -0.2) is 0 Å². The third-order valence-electron chi connectivity index (χ3n) is 2.88. The molecular weight excluding hydrogens is 201 g/mol. The van der Waals surface area contributed by atoms with Crippen LogP contribution < -0.4 is 5.73 Å². The van der Waals surface area contributed by atoms with Crippen molar-refractivity contribution in [2.75, 3.05) is 0 Å². The second-order valence-corrected chi connectivity index (χ2v) is 5.99. The highest BCUT2D eigenvalue weighted by Gasteiger charge is 2.24. The maximum absolute atomic E-state index is 13.1. The molecule has 90 valence electrons. The van der Waals surface area contributed by atoms with E-state index in [2.05, 4.69) is 20.8 Å². The van der Waals surface area contributed by atoms with Crippen molar-refractivity contribution in [1.82, 2.24) is 0 Å². The SMILES string of the molecule is CC(C)(C)CCC(C)(N)c1cccc(F)c1. The molecule has 0 saturated heterocycles. The van der Waals surface area contributed by atoms with Crippen LogP contribution in [0.3, 0.4) is 0 Å². The van der Waals surface area contributed by atoms with Gasteiger partial charge in [-0.25, -0.2) is 4.39 Å². The summed E-state index contributed by atoms with van der Waals surface area (Å²) in [5.74, 6) is -0.218. The standard InChI is InChI=1S/C14H22FN/c1-13(2,3)8-9-14(4,16)11-6-5-7-12(15)10-11/h5-7,10H,8-9,16H2,1-4H3. The third kappa shape index (κ3) is 3.93. The van der Waals surface area contributed by atoms with Gasteiger partial charge in [0.05, 0.1) is 0 Å². The van der Waals surface area contributed by atoms with Crippen molar-refractivity contribution in [2.24, 2.45) is 11.1 Å². The Morgan fingerprint density at radius 1 is 1.12 bits per heavy atom. The first kappa shape index (κ1) is 13.2. The number of halogens is 1. The van der Waals surface area contributed by atoms with Crippen LogP contribution in [-0.2, 0) is 5.54 Å². The molecule has 2 heteroatoms. The van der Waals surface area contributed by atoms with Gasteiger partial charge in [-0.05, 0) is 42.9 Å². The molecule has 16 heavy (non-hydrogen) atoms. The van der Waals surface area contributed by atoms with Crippen LogP contribution in [0.4, 0.5) is 4.39 Å². The van der Waals surface area contributed by atoms with E-state index >= 15 is 0 Å². The van der Waals surface area contributed by atoms with Crippen molar-refractivity contribution >= 4 is 0 Å². The first-order chi connectivity index (χ1) is 7.21. The molecule has 0 bridgehead atoms. The zero-order valence-corrected chi connectivity index (χ0v) is 10.7. The highest BCUT2D eigenvalue weighted by molar-refractivity contribution is 5.23. The Morgan fingerprint density at radius 3 is 2.25 bits per heavy atom. The molecule has 0 saturated carbocycles. The lowest BCUT2D eigenvalue weighted by Gasteiger charge is -2.29. The van der Waals surface area contributed by atoms with Crippen LogP contribution in [0.15, 0.2) is 24.3 Å². The Balaban J connectivity index is 2.77. The van der Waals surface area contributed by atoms with E-state index in [1.807, 2.05) is 13.0 Å². The van der Waals surface area contributed by atoms with Crippen LogP contribution in [0.1, 0.15) is 46.1 Å². The van der Waals surface area contributed by atoms with Gasteiger partial charge in [-0.3, -0.25) is 0 Å². The van der Waals surface area contributed by atoms with Crippen LogP contribution in [0, 0.1) is 11.2 Å². The van der Waals surface area contributed by atoms with E-state index in [9.17, 15) is 4.39 Å². The van der Waals surface area contributed by atoms with E-state index in [1.165, 1.54) is 12.1 Å². The fraction of sp³-hybridized carbons (Fsp3) is 0.571. The molecular formula is C14H22FN. The minimum absolute atomic E-state index is 0.218. The molecule has 1 nitrogen and oxygen atoms in total. The van der Waals surface area contributed by atoms with Gasteiger partial charge in [-0.1, -0.05) is 32.9 Å². The molecule has 0 amide bonds. The Kier molecular flexibility index (Phi) is 3.74. The van der Waals surface area contributed by atoms with E-state index in [4.69, 9.17) is 5.73 Å². The molecule has 0 radical (unpaired) electrons. The second kappa shape index (κ2) is 4.54. The van der Waals surface area contributed by atoms with Gasteiger partial charge in [0, 0.05) is 5.54 Å². The summed E-state index contributed by atoms with van der Waals surface area (Å²) in [5.41, 5.74) is 6.93. The lowest BCUT2D eigenvalue weighted by Crippen LogP contribution is -2.34. The van der Waals surface area contributed by atoms with Crippen molar-refractivity contribution in [3.05, 3.63) is 35.6 Å².